The van der Waals surface area contributed by atoms with Crippen LogP contribution in [0.15, 0.2) is 12.1 Å². The minimum absolute atomic E-state index is 0. The van der Waals surface area contributed by atoms with Gasteiger partial charge in [-0.15, -0.1) is 34.0 Å². The molecule has 1 atom stereocenters. The number of nitrogens with two attached hydrogens (primary N) is 2. The maximum Gasteiger partial charge on any atom is 0.181 e. The van der Waals surface area contributed by atoms with Crippen LogP contribution in [0, 0.1) is 0 Å². The number of anilines is 1. The van der Waals surface area contributed by atoms with Crippen LogP contribution in [-0.2, 0) is 12.8 Å². The Morgan fingerprint density at radius 1 is 1.28 bits per heavy atom. The molecule has 1 aliphatic carbocycles. The average molecular weight is 395 g/mol. The Bertz CT molecular complexity index is 525. The van der Waals surface area contributed by atoms with Gasteiger partial charge in [0.15, 0.2) is 5.13 Å². The van der Waals surface area contributed by atoms with Crippen LogP contribution in [0.25, 0.3) is 10.2 Å². The van der Waals surface area contributed by atoms with E-state index in [2.05, 4.69) is 24.0 Å². The summed E-state index contributed by atoms with van der Waals surface area (Å²) in [6.07, 6.45) is 2.96. The Morgan fingerprint density at radius 2 is 1.89 bits per heavy atom. The quantitative estimate of drug-likeness (QED) is 0.780. The predicted molar refractivity (Wildman–Crippen MR) is 89.3 cm³/mol. The molecule has 0 spiro atoms. The van der Waals surface area contributed by atoms with E-state index in [9.17, 15) is 0 Å². The summed E-state index contributed by atoms with van der Waals surface area (Å²) < 4.78 is 1.18. The third kappa shape index (κ3) is 2.57. The van der Waals surface area contributed by atoms with Crippen molar-refractivity contribution in [2.75, 3.05) is 5.73 Å². The molecule has 1 aliphatic rings. The summed E-state index contributed by atoms with van der Waals surface area (Å²) in [5.74, 6) is 0. The lowest BCUT2D eigenvalue weighted by atomic mass is 9.94. The molecular formula is C12H17Br2N3S. The van der Waals surface area contributed by atoms with Crippen LogP contribution in [0.4, 0.5) is 5.13 Å². The molecule has 3 nitrogen and oxygen atoms in total. The van der Waals surface area contributed by atoms with E-state index in [0.29, 0.717) is 5.13 Å². The Morgan fingerprint density at radius 3 is 2.50 bits per heavy atom. The summed E-state index contributed by atoms with van der Waals surface area (Å²) in [6.45, 7) is 2.16. The summed E-state index contributed by atoms with van der Waals surface area (Å²) in [7, 11) is 0. The number of halogens is 2. The Hall–Kier alpha value is -0.170. The zero-order valence-corrected chi connectivity index (χ0v) is 14.3. The van der Waals surface area contributed by atoms with Gasteiger partial charge < -0.3 is 11.5 Å². The van der Waals surface area contributed by atoms with Crippen LogP contribution in [0.1, 0.15) is 24.5 Å². The van der Waals surface area contributed by atoms with Crippen LogP contribution in [0.2, 0.25) is 0 Å². The minimum atomic E-state index is -0.0443. The zero-order chi connectivity index (χ0) is 11.3. The van der Waals surface area contributed by atoms with Crippen molar-refractivity contribution in [3.05, 3.63) is 23.3 Å². The van der Waals surface area contributed by atoms with E-state index < -0.39 is 0 Å². The highest BCUT2D eigenvalue weighted by atomic mass is 79.9. The van der Waals surface area contributed by atoms with Crippen molar-refractivity contribution >= 4 is 60.6 Å². The van der Waals surface area contributed by atoms with E-state index in [-0.39, 0.29) is 39.5 Å². The normalized spacial score (nSPS) is 21.2. The third-order valence-electron chi connectivity index (χ3n) is 3.52. The number of hydrogen-bond donors (Lipinski definition) is 2. The standard InChI is InChI=1S/C12H15N3S.2BrH/c1-2-12(14)5-7-3-9-10(4-8(7)6-12)16-11(13)15-9;;/h3-4H,2,5-6,14H2,1H3,(H2,13,15);2*1H. The van der Waals surface area contributed by atoms with Gasteiger partial charge in [-0.2, -0.15) is 0 Å². The van der Waals surface area contributed by atoms with Crippen LogP contribution < -0.4 is 11.5 Å². The van der Waals surface area contributed by atoms with Crippen molar-refractivity contribution in [2.24, 2.45) is 5.73 Å². The van der Waals surface area contributed by atoms with Crippen molar-refractivity contribution < 1.29 is 0 Å². The average Bonchev–Trinajstić information content (AvgIpc) is 2.72. The second-order valence-corrected chi connectivity index (χ2v) is 5.77. The number of rotatable bonds is 1. The van der Waals surface area contributed by atoms with E-state index in [1.807, 2.05) is 0 Å². The van der Waals surface area contributed by atoms with E-state index in [1.54, 1.807) is 11.3 Å². The van der Waals surface area contributed by atoms with E-state index in [4.69, 9.17) is 11.5 Å². The van der Waals surface area contributed by atoms with Gasteiger partial charge in [0.05, 0.1) is 10.2 Å². The van der Waals surface area contributed by atoms with Gasteiger partial charge in [0.1, 0.15) is 0 Å². The number of nitrogens with zero attached hydrogens (tertiary/aromatic N) is 1. The molecular weight excluding hydrogens is 378 g/mol. The fourth-order valence-electron chi connectivity index (χ4n) is 2.48. The molecule has 3 rings (SSSR count). The van der Waals surface area contributed by atoms with Crippen LogP contribution >= 0.6 is 45.3 Å². The van der Waals surface area contributed by atoms with Gasteiger partial charge in [0, 0.05) is 5.54 Å². The number of hydrogen-bond acceptors (Lipinski definition) is 4. The molecule has 0 amide bonds. The SMILES string of the molecule is Br.Br.CCC1(N)Cc2cc3nc(N)sc3cc2C1. The van der Waals surface area contributed by atoms with Crippen LogP contribution in [0.3, 0.4) is 0 Å². The first kappa shape index (κ1) is 15.9. The summed E-state index contributed by atoms with van der Waals surface area (Å²) in [5.41, 5.74) is 15.7. The Kier molecular flexibility index (Phi) is 4.81. The first-order valence-corrected chi connectivity index (χ1v) is 6.38. The highest BCUT2D eigenvalue weighted by Crippen LogP contribution is 2.35. The molecule has 18 heavy (non-hydrogen) atoms. The van der Waals surface area contributed by atoms with Gasteiger partial charge >= 0.3 is 0 Å². The van der Waals surface area contributed by atoms with E-state index in [1.165, 1.54) is 15.8 Å². The maximum atomic E-state index is 6.33. The van der Waals surface area contributed by atoms with Crippen molar-refractivity contribution in [1.29, 1.82) is 0 Å². The zero-order valence-electron chi connectivity index (χ0n) is 10.1. The van der Waals surface area contributed by atoms with Crippen molar-refractivity contribution in [3.8, 4) is 0 Å². The number of fused-ring (bicyclic) bond motifs is 2. The second kappa shape index (κ2) is 5.45. The maximum absolute atomic E-state index is 6.33. The van der Waals surface area contributed by atoms with Crippen molar-refractivity contribution in [2.45, 2.75) is 31.7 Å². The summed E-state index contributed by atoms with van der Waals surface area (Å²) in [6, 6.07) is 4.37. The molecule has 0 saturated heterocycles. The van der Waals surface area contributed by atoms with Crippen LogP contribution in [0.5, 0.6) is 0 Å². The monoisotopic (exact) mass is 393 g/mol. The predicted octanol–water partition coefficient (Wildman–Crippen LogP) is 3.24. The first-order valence-electron chi connectivity index (χ1n) is 5.56. The Balaban J connectivity index is 0.000000810. The molecule has 0 fully saturated rings. The number of thiazole rings is 1. The summed E-state index contributed by atoms with van der Waals surface area (Å²) in [4.78, 5) is 4.32. The molecule has 1 aromatic heterocycles. The van der Waals surface area contributed by atoms with Gasteiger partial charge in [-0.1, -0.05) is 18.3 Å². The lowest BCUT2D eigenvalue weighted by Gasteiger charge is -2.20. The van der Waals surface area contributed by atoms with Crippen molar-refractivity contribution in [1.82, 2.24) is 4.98 Å². The Labute approximate surface area is 131 Å². The topological polar surface area (TPSA) is 64.9 Å². The van der Waals surface area contributed by atoms with Crippen molar-refractivity contribution in [3.63, 3.8) is 0 Å². The highest BCUT2D eigenvalue weighted by Gasteiger charge is 2.32. The summed E-state index contributed by atoms with van der Waals surface area (Å²) in [5, 5.41) is 0.646. The molecule has 1 unspecified atom stereocenters. The molecule has 0 radical (unpaired) electrons. The third-order valence-corrected chi connectivity index (χ3v) is 4.36. The molecule has 0 bridgehead atoms. The number of nitrogen functional groups attached to an aromatic ring is 1. The second-order valence-electron chi connectivity index (χ2n) is 4.71. The fraction of sp³-hybridized carbons (Fsp3) is 0.417. The molecule has 0 saturated carbocycles. The van der Waals surface area contributed by atoms with Crippen LogP contribution in [-0.4, -0.2) is 10.5 Å². The first-order chi connectivity index (χ1) is 7.59. The minimum Gasteiger partial charge on any atom is -0.375 e. The van der Waals surface area contributed by atoms with Gasteiger partial charge in [0.25, 0.3) is 0 Å². The van der Waals surface area contributed by atoms with E-state index in [0.717, 1.165) is 24.8 Å². The largest absolute Gasteiger partial charge is 0.375 e. The van der Waals surface area contributed by atoms with Gasteiger partial charge in [0.2, 0.25) is 0 Å². The summed E-state index contributed by atoms with van der Waals surface area (Å²) >= 11 is 1.55. The van der Waals surface area contributed by atoms with Gasteiger partial charge in [-0.25, -0.2) is 4.98 Å². The fourth-order valence-corrected chi connectivity index (χ4v) is 3.26. The molecule has 1 aromatic carbocycles. The molecule has 1 heterocycles. The van der Waals surface area contributed by atoms with E-state index >= 15 is 0 Å². The molecule has 4 N–H and O–H groups in total. The molecule has 100 valence electrons. The smallest absolute Gasteiger partial charge is 0.181 e. The van der Waals surface area contributed by atoms with Gasteiger partial charge in [-0.05, 0) is 42.5 Å². The van der Waals surface area contributed by atoms with Gasteiger partial charge in [-0.3, -0.25) is 0 Å². The molecule has 2 aromatic rings. The lowest BCUT2D eigenvalue weighted by molar-refractivity contribution is 0.434. The molecule has 6 heteroatoms. The number of aromatic nitrogens is 1. The number of benzene rings is 1. The highest BCUT2D eigenvalue weighted by molar-refractivity contribution is 8.93. The molecule has 0 aliphatic heterocycles. The lowest BCUT2D eigenvalue weighted by Crippen LogP contribution is -2.39.